The maximum absolute atomic E-state index is 5.86. The Balaban J connectivity index is 2.08. The highest BCUT2D eigenvalue weighted by molar-refractivity contribution is 4.99. The molecule has 108 valence electrons. The lowest BCUT2D eigenvalue weighted by molar-refractivity contribution is -0.0122. The minimum absolute atomic E-state index is 0.0603. The van der Waals surface area contributed by atoms with Crippen molar-refractivity contribution in [3.8, 4) is 0 Å². The van der Waals surface area contributed by atoms with Gasteiger partial charge in [-0.15, -0.1) is 0 Å². The van der Waals surface area contributed by atoms with Crippen molar-refractivity contribution in [1.29, 1.82) is 0 Å². The van der Waals surface area contributed by atoms with Crippen LogP contribution in [0.15, 0.2) is 6.33 Å². The maximum atomic E-state index is 5.86. The van der Waals surface area contributed by atoms with Crippen LogP contribution in [0.25, 0.3) is 0 Å². The van der Waals surface area contributed by atoms with E-state index in [1.807, 2.05) is 4.68 Å². The van der Waals surface area contributed by atoms with E-state index in [1.165, 1.54) is 0 Å². The van der Waals surface area contributed by atoms with Gasteiger partial charge in [-0.25, -0.2) is 9.67 Å². The molecule has 1 aliphatic heterocycles. The smallest absolute Gasteiger partial charge is 0.138 e. The Kier molecular flexibility index (Phi) is 4.54. The monoisotopic (exact) mass is 267 g/mol. The summed E-state index contributed by atoms with van der Waals surface area (Å²) in [6, 6.07) is 0.0603. The van der Waals surface area contributed by atoms with Gasteiger partial charge in [0.25, 0.3) is 0 Å². The number of rotatable bonds is 6. The fourth-order valence-corrected chi connectivity index (χ4v) is 2.65. The molecule has 2 unspecified atom stereocenters. The molecule has 6 nitrogen and oxygen atoms in total. The van der Waals surface area contributed by atoms with Crippen molar-refractivity contribution in [3.05, 3.63) is 12.2 Å². The van der Waals surface area contributed by atoms with E-state index in [0.717, 1.165) is 38.2 Å². The lowest BCUT2D eigenvalue weighted by atomic mass is 9.91. The molecule has 0 amide bonds. The Morgan fingerprint density at radius 3 is 2.95 bits per heavy atom. The molecule has 1 saturated heterocycles. The SMILES string of the molecule is CC(C)Cn1ncnc1CC(NN)C1(C)CCCO1. The van der Waals surface area contributed by atoms with Crippen LogP contribution in [0, 0.1) is 5.92 Å². The molecular formula is C13H25N5O. The van der Waals surface area contributed by atoms with Gasteiger partial charge in [0, 0.05) is 19.6 Å². The van der Waals surface area contributed by atoms with Crippen molar-refractivity contribution in [2.75, 3.05) is 6.61 Å². The third-order valence-electron chi connectivity index (χ3n) is 3.81. The van der Waals surface area contributed by atoms with Crippen molar-refractivity contribution >= 4 is 0 Å². The fraction of sp³-hybridized carbons (Fsp3) is 0.846. The van der Waals surface area contributed by atoms with E-state index >= 15 is 0 Å². The lowest BCUT2D eigenvalue weighted by Gasteiger charge is -2.32. The summed E-state index contributed by atoms with van der Waals surface area (Å²) >= 11 is 0. The van der Waals surface area contributed by atoms with Gasteiger partial charge in [-0.1, -0.05) is 13.8 Å². The van der Waals surface area contributed by atoms with E-state index in [9.17, 15) is 0 Å². The zero-order chi connectivity index (χ0) is 13.9. The van der Waals surface area contributed by atoms with Gasteiger partial charge < -0.3 is 4.74 Å². The zero-order valence-corrected chi connectivity index (χ0v) is 12.1. The van der Waals surface area contributed by atoms with Crippen LogP contribution in [-0.2, 0) is 17.7 Å². The van der Waals surface area contributed by atoms with Gasteiger partial charge in [0.15, 0.2) is 0 Å². The largest absolute Gasteiger partial charge is 0.374 e. The summed E-state index contributed by atoms with van der Waals surface area (Å²) in [5.41, 5.74) is 2.69. The van der Waals surface area contributed by atoms with Gasteiger partial charge in [0.2, 0.25) is 0 Å². The van der Waals surface area contributed by atoms with Crippen molar-refractivity contribution in [1.82, 2.24) is 20.2 Å². The predicted molar refractivity (Wildman–Crippen MR) is 73.3 cm³/mol. The third-order valence-corrected chi connectivity index (χ3v) is 3.81. The first kappa shape index (κ1) is 14.4. The van der Waals surface area contributed by atoms with Crippen LogP contribution < -0.4 is 11.3 Å². The van der Waals surface area contributed by atoms with Crippen LogP contribution in [0.1, 0.15) is 39.4 Å². The van der Waals surface area contributed by atoms with Crippen LogP contribution in [0.3, 0.4) is 0 Å². The number of nitrogens with zero attached hydrogens (tertiary/aromatic N) is 3. The summed E-state index contributed by atoms with van der Waals surface area (Å²) in [7, 11) is 0. The number of nitrogens with one attached hydrogen (secondary N) is 1. The number of nitrogens with two attached hydrogens (primary N) is 1. The van der Waals surface area contributed by atoms with Gasteiger partial charge in [-0.3, -0.25) is 11.3 Å². The Hall–Kier alpha value is -0.980. The van der Waals surface area contributed by atoms with Crippen molar-refractivity contribution < 1.29 is 4.74 Å². The predicted octanol–water partition coefficient (Wildman–Crippen LogP) is 0.878. The normalized spacial score (nSPS) is 25.1. The van der Waals surface area contributed by atoms with Crippen molar-refractivity contribution in [2.24, 2.45) is 11.8 Å². The maximum Gasteiger partial charge on any atom is 0.138 e. The molecule has 2 rings (SSSR count). The fourth-order valence-electron chi connectivity index (χ4n) is 2.65. The highest BCUT2D eigenvalue weighted by Gasteiger charge is 2.38. The summed E-state index contributed by atoms with van der Waals surface area (Å²) in [6.45, 7) is 8.16. The minimum atomic E-state index is -0.205. The standard InChI is InChI=1S/C13H25N5O/c1-10(2)8-18-12(15-9-16-18)7-11(17-14)13(3)5-4-6-19-13/h9-11,17H,4-8,14H2,1-3H3. The molecule has 2 atom stereocenters. The van der Waals surface area contributed by atoms with Gasteiger partial charge in [0.05, 0.1) is 11.6 Å². The first-order valence-corrected chi connectivity index (χ1v) is 7.02. The van der Waals surface area contributed by atoms with E-state index in [-0.39, 0.29) is 11.6 Å². The summed E-state index contributed by atoms with van der Waals surface area (Å²) in [5.74, 6) is 7.23. The molecule has 0 bridgehead atoms. The molecular weight excluding hydrogens is 242 g/mol. The summed E-state index contributed by atoms with van der Waals surface area (Å²) in [4.78, 5) is 4.36. The molecule has 19 heavy (non-hydrogen) atoms. The second-order valence-corrected chi connectivity index (χ2v) is 5.94. The van der Waals surface area contributed by atoms with Crippen LogP contribution in [0.2, 0.25) is 0 Å². The molecule has 6 heteroatoms. The van der Waals surface area contributed by atoms with E-state index in [4.69, 9.17) is 10.6 Å². The van der Waals surface area contributed by atoms with E-state index in [1.54, 1.807) is 6.33 Å². The first-order chi connectivity index (χ1) is 9.05. The number of ether oxygens (including phenoxy) is 1. The van der Waals surface area contributed by atoms with Gasteiger partial charge in [0.1, 0.15) is 12.2 Å². The Morgan fingerprint density at radius 1 is 1.58 bits per heavy atom. The van der Waals surface area contributed by atoms with E-state index in [2.05, 4.69) is 36.3 Å². The highest BCUT2D eigenvalue weighted by atomic mass is 16.5. The van der Waals surface area contributed by atoms with E-state index in [0.29, 0.717) is 5.92 Å². The second-order valence-electron chi connectivity index (χ2n) is 5.94. The zero-order valence-electron chi connectivity index (χ0n) is 12.1. The number of hydrazine groups is 1. The topological polar surface area (TPSA) is 78.0 Å². The lowest BCUT2D eigenvalue weighted by Crippen LogP contribution is -2.53. The molecule has 1 aliphatic rings. The number of hydrogen-bond acceptors (Lipinski definition) is 5. The summed E-state index contributed by atoms with van der Waals surface area (Å²) in [5, 5.41) is 4.29. The molecule has 1 aromatic heterocycles. The molecule has 1 aromatic rings. The molecule has 3 N–H and O–H groups in total. The molecule has 1 fully saturated rings. The molecule has 0 aromatic carbocycles. The average molecular weight is 267 g/mol. The second kappa shape index (κ2) is 5.98. The van der Waals surface area contributed by atoms with Crippen LogP contribution >= 0.6 is 0 Å². The van der Waals surface area contributed by atoms with Crippen molar-refractivity contribution in [2.45, 2.75) is 58.2 Å². The van der Waals surface area contributed by atoms with Crippen LogP contribution in [0.5, 0.6) is 0 Å². The minimum Gasteiger partial charge on any atom is -0.374 e. The van der Waals surface area contributed by atoms with Gasteiger partial charge in [-0.2, -0.15) is 5.10 Å². The third kappa shape index (κ3) is 3.32. The van der Waals surface area contributed by atoms with Crippen LogP contribution in [0.4, 0.5) is 0 Å². The average Bonchev–Trinajstić information content (AvgIpc) is 2.96. The molecule has 2 heterocycles. The number of hydrogen-bond donors (Lipinski definition) is 2. The summed E-state index contributed by atoms with van der Waals surface area (Å²) in [6.07, 6.45) is 4.47. The highest BCUT2D eigenvalue weighted by Crippen LogP contribution is 2.29. The Labute approximate surface area is 114 Å². The molecule has 0 spiro atoms. The van der Waals surface area contributed by atoms with Gasteiger partial charge in [-0.05, 0) is 25.7 Å². The number of aromatic nitrogens is 3. The Morgan fingerprint density at radius 2 is 2.37 bits per heavy atom. The Bertz CT molecular complexity index is 397. The van der Waals surface area contributed by atoms with Gasteiger partial charge >= 0.3 is 0 Å². The summed E-state index contributed by atoms with van der Waals surface area (Å²) < 4.78 is 7.83. The van der Waals surface area contributed by atoms with Crippen molar-refractivity contribution in [3.63, 3.8) is 0 Å². The molecule has 0 saturated carbocycles. The van der Waals surface area contributed by atoms with Crippen LogP contribution in [-0.4, -0.2) is 33.0 Å². The van der Waals surface area contributed by atoms with E-state index < -0.39 is 0 Å². The molecule has 0 aliphatic carbocycles. The first-order valence-electron chi connectivity index (χ1n) is 7.02. The molecule has 0 radical (unpaired) electrons. The quantitative estimate of drug-likeness (QED) is 0.591.